The highest BCUT2D eigenvalue weighted by Gasteiger charge is 2.26. The van der Waals surface area contributed by atoms with Crippen LogP contribution in [0.2, 0.25) is 0 Å². The monoisotopic (exact) mass is 254 g/mol. The lowest BCUT2D eigenvalue weighted by Gasteiger charge is -2.32. The first-order chi connectivity index (χ1) is 8.01. The van der Waals surface area contributed by atoms with Crippen LogP contribution in [0.3, 0.4) is 0 Å². The molecule has 1 unspecified atom stereocenters. The summed E-state index contributed by atoms with van der Waals surface area (Å²) in [5, 5.41) is 3.02. The van der Waals surface area contributed by atoms with Crippen LogP contribution in [-0.2, 0) is 4.74 Å². The summed E-state index contributed by atoms with van der Waals surface area (Å²) >= 11 is 0. The lowest BCUT2D eigenvalue weighted by Crippen LogP contribution is -2.46. The number of nitrogens with zero attached hydrogens (tertiary/aromatic N) is 1. The van der Waals surface area contributed by atoms with Gasteiger partial charge < -0.3 is 10.1 Å². The number of hydrogen-bond donors (Lipinski definition) is 1. The number of alkyl halides is 3. The van der Waals surface area contributed by atoms with Crippen molar-refractivity contribution in [2.45, 2.75) is 32.0 Å². The Hall–Kier alpha value is -0.330. The molecule has 0 saturated carbocycles. The number of morpholine rings is 1. The maximum absolute atomic E-state index is 11.9. The summed E-state index contributed by atoms with van der Waals surface area (Å²) in [6.07, 6.45) is -4.52. The second kappa shape index (κ2) is 7.18. The van der Waals surface area contributed by atoms with E-state index in [9.17, 15) is 13.2 Å². The highest BCUT2D eigenvalue weighted by atomic mass is 19.4. The van der Waals surface area contributed by atoms with E-state index in [4.69, 9.17) is 4.74 Å². The van der Waals surface area contributed by atoms with Crippen molar-refractivity contribution >= 4 is 0 Å². The number of nitrogens with one attached hydrogen (secondary N) is 1. The fourth-order valence-corrected chi connectivity index (χ4v) is 1.87. The number of likely N-dealkylation sites (N-methyl/N-ethyl adjacent to an activating group) is 1. The molecular weight excluding hydrogens is 233 g/mol. The van der Waals surface area contributed by atoms with Crippen LogP contribution in [0, 0.1) is 0 Å². The standard InChI is InChI=1S/C11H21F3N2O/c1-2-16-6-7-17-10(9-16)8-15-5-3-4-11(12,13)14/h10,15H,2-9H2,1H3. The molecule has 0 radical (unpaired) electrons. The minimum Gasteiger partial charge on any atom is -0.374 e. The third-order valence-corrected chi connectivity index (χ3v) is 2.86. The summed E-state index contributed by atoms with van der Waals surface area (Å²) in [5.74, 6) is 0. The average molecular weight is 254 g/mol. The van der Waals surface area contributed by atoms with Gasteiger partial charge in [0.15, 0.2) is 0 Å². The van der Waals surface area contributed by atoms with Gasteiger partial charge in [0, 0.05) is 26.1 Å². The SMILES string of the molecule is CCN1CCOC(CNCCCC(F)(F)F)C1. The quantitative estimate of drug-likeness (QED) is 0.729. The highest BCUT2D eigenvalue weighted by Crippen LogP contribution is 2.20. The van der Waals surface area contributed by atoms with Gasteiger partial charge in [-0.3, -0.25) is 4.90 Å². The van der Waals surface area contributed by atoms with Crippen molar-refractivity contribution in [2.75, 3.05) is 39.3 Å². The Balaban J connectivity index is 2.02. The molecular formula is C11H21F3N2O. The van der Waals surface area contributed by atoms with Gasteiger partial charge in [0.25, 0.3) is 0 Å². The van der Waals surface area contributed by atoms with E-state index in [1.165, 1.54) is 0 Å². The molecule has 1 heterocycles. The zero-order chi connectivity index (χ0) is 12.7. The topological polar surface area (TPSA) is 24.5 Å². The van der Waals surface area contributed by atoms with E-state index in [-0.39, 0.29) is 12.5 Å². The number of rotatable bonds is 6. The fourth-order valence-electron chi connectivity index (χ4n) is 1.87. The van der Waals surface area contributed by atoms with E-state index in [0.717, 1.165) is 19.6 Å². The number of hydrogen-bond acceptors (Lipinski definition) is 3. The van der Waals surface area contributed by atoms with E-state index < -0.39 is 12.6 Å². The van der Waals surface area contributed by atoms with Gasteiger partial charge >= 0.3 is 6.18 Å². The molecule has 17 heavy (non-hydrogen) atoms. The molecule has 0 spiro atoms. The molecule has 0 aromatic heterocycles. The maximum Gasteiger partial charge on any atom is 0.389 e. The predicted octanol–water partition coefficient (Wildman–Crippen LogP) is 1.64. The fraction of sp³-hybridized carbons (Fsp3) is 1.00. The Morgan fingerprint density at radius 3 is 2.82 bits per heavy atom. The molecule has 0 aromatic carbocycles. The summed E-state index contributed by atoms with van der Waals surface area (Å²) in [5.41, 5.74) is 0. The van der Waals surface area contributed by atoms with Gasteiger partial charge in [-0.05, 0) is 19.5 Å². The van der Waals surface area contributed by atoms with Crippen LogP contribution >= 0.6 is 0 Å². The van der Waals surface area contributed by atoms with Crippen molar-refractivity contribution < 1.29 is 17.9 Å². The highest BCUT2D eigenvalue weighted by molar-refractivity contribution is 4.72. The van der Waals surface area contributed by atoms with E-state index in [0.29, 0.717) is 19.7 Å². The second-order valence-corrected chi connectivity index (χ2v) is 4.31. The Labute approximate surface area is 100 Å². The predicted molar refractivity (Wildman–Crippen MR) is 60.0 cm³/mol. The lowest BCUT2D eigenvalue weighted by molar-refractivity contribution is -0.135. The molecule has 6 heteroatoms. The van der Waals surface area contributed by atoms with Gasteiger partial charge in [0.05, 0.1) is 12.7 Å². The molecule has 1 N–H and O–H groups in total. The summed E-state index contributed by atoms with van der Waals surface area (Å²) < 4.78 is 41.2. The Morgan fingerprint density at radius 1 is 1.41 bits per heavy atom. The largest absolute Gasteiger partial charge is 0.389 e. The van der Waals surface area contributed by atoms with Crippen LogP contribution < -0.4 is 5.32 Å². The first kappa shape index (κ1) is 14.7. The normalized spacial score (nSPS) is 22.9. The van der Waals surface area contributed by atoms with Crippen molar-refractivity contribution in [1.82, 2.24) is 10.2 Å². The van der Waals surface area contributed by atoms with Gasteiger partial charge in [-0.15, -0.1) is 0 Å². The van der Waals surface area contributed by atoms with Gasteiger partial charge in [-0.1, -0.05) is 6.92 Å². The molecule has 1 saturated heterocycles. The van der Waals surface area contributed by atoms with E-state index in [2.05, 4.69) is 17.1 Å². The third-order valence-electron chi connectivity index (χ3n) is 2.86. The lowest BCUT2D eigenvalue weighted by atomic mass is 10.2. The molecule has 1 rings (SSSR count). The van der Waals surface area contributed by atoms with Crippen LogP contribution in [0.5, 0.6) is 0 Å². The summed E-state index contributed by atoms with van der Waals surface area (Å²) in [6, 6.07) is 0. The minimum atomic E-state index is -4.04. The smallest absolute Gasteiger partial charge is 0.374 e. The van der Waals surface area contributed by atoms with Crippen molar-refractivity contribution in [1.29, 1.82) is 0 Å². The molecule has 1 atom stereocenters. The molecule has 0 amide bonds. The second-order valence-electron chi connectivity index (χ2n) is 4.31. The first-order valence-corrected chi connectivity index (χ1v) is 6.12. The summed E-state index contributed by atoms with van der Waals surface area (Å²) in [4.78, 5) is 2.28. The average Bonchev–Trinajstić information content (AvgIpc) is 2.27. The summed E-state index contributed by atoms with van der Waals surface area (Å²) in [6.45, 7) is 6.64. The number of halogens is 3. The van der Waals surface area contributed by atoms with Crippen LogP contribution in [0.25, 0.3) is 0 Å². The van der Waals surface area contributed by atoms with Crippen molar-refractivity contribution in [3.63, 3.8) is 0 Å². The van der Waals surface area contributed by atoms with Gasteiger partial charge in [-0.2, -0.15) is 13.2 Å². The van der Waals surface area contributed by atoms with Crippen LogP contribution in [0.1, 0.15) is 19.8 Å². The molecule has 102 valence electrons. The Morgan fingerprint density at radius 2 is 2.18 bits per heavy atom. The van der Waals surface area contributed by atoms with Crippen LogP contribution in [0.4, 0.5) is 13.2 Å². The van der Waals surface area contributed by atoms with Crippen molar-refractivity contribution in [3.05, 3.63) is 0 Å². The molecule has 1 aliphatic rings. The molecule has 0 aromatic rings. The Kier molecular flexibility index (Phi) is 6.22. The van der Waals surface area contributed by atoms with Crippen molar-refractivity contribution in [3.8, 4) is 0 Å². The van der Waals surface area contributed by atoms with Gasteiger partial charge in [0.1, 0.15) is 0 Å². The zero-order valence-electron chi connectivity index (χ0n) is 10.2. The molecule has 0 bridgehead atoms. The molecule has 1 aliphatic heterocycles. The van der Waals surface area contributed by atoms with E-state index in [1.807, 2.05) is 0 Å². The first-order valence-electron chi connectivity index (χ1n) is 6.12. The van der Waals surface area contributed by atoms with E-state index in [1.54, 1.807) is 0 Å². The van der Waals surface area contributed by atoms with Gasteiger partial charge in [0.2, 0.25) is 0 Å². The van der Waals surface area contributed by atoms with Crippen LogP contribution in [0.15, 0.2) is 0 Å². The van der Waals surface area contributed by atoms with E-state index >= 15 is 0 Å². The summed E-state index contributed by atoms with van der Waals surface area (Å²) in [7, 11) is 0. The number of ether oxygens (including phenoxy) is 1. The van der Waals surface area contributed by atoms with Gasteiger partial charge in [-0.25, -0.2) is 0 Å². The molecule has 3 nitrogen and oxygen atoms in total. The third kappa shape index (κ3) is 6.85. The van der Waals surface area contributed by atoms with Crippen LogP contribution in [-0.4, -0.2) is 56.5 Å². The zero-order valence-corrected chi connectivity index (χ0v) is 10.2. The Bertz CT molecular complexity index is 211. The maximum atomic E-state index is 11.9. The minimum absolute atomic E-state index is 0.106. The molecule has 0 aliphatic carbocycles. The van der Waals surface area contributed by atoms with Crippen molar-refractivity contribution in [2.24, 2.45) is 0 Å². The molecule has 1 fully saturated rings.